The summed E-state index contributed by atoms with van der Waals surface area (Å²) in [6.45, 7) is 1.95. The number of imide groups is 1. The molecular weight excluding hydrogens is 450 g/mol. The van der Waals surface area contributed by atoms with Gasteiger partial charge in [-0.2, -0.15) is 0 Å². The van der Waals surface area contributed by atoms with Crippen LogP contribution in [-0.2, 0) is 27.5 Å². The molecule has 1 saturated heterocycles. The number of methoxy groups -OCH3 is 1. The summed E-state index contributed by atoms with van der Waals surface area (Å²) < 4.78 is 10.7. The van der Waals surface area contributed by atoms with Crippen molar-refractivity contribution in [3.8, 4) is 5.75 Å². The molecule has 1 atom stereocenters. The summed E-state index contributed by atoms with van der Waals surface area (Å²) in [5, 5.41) is 5.40. The number of benzene rings is 2. The smallest absolute Gasteiger partial charge is 0.411 e. The molecule has 10 heteroatoms. The van der Waals surface area contributed by atoms with E-state index in [1.165, 1.54) is 12.0 Å². The highest BCUT2D eigenvalue weighted by atomic mass is 35.5. The molecule has 1 unspecified atom stereocenters. The Morgan fingerprint density at radius 3 is 2.73 bits per heavy atom. The van der Waals surface area contributed by atoms with E-state index in [9.17, 15) is 19.2 Å². The lowest BCUT2D eigenvalue weighted by Crippen LogP contribution is -2.52. The van der Waals surface area contributed by atoms with Gasteiger partial charge in [-0.25, -0.2) is 4.79 Å². The van der Waals surface area contributed by atoms with Gasteiger partial charge in [-0.15, -0.1) is 0 Å². The third-order valence-electron chi connectivity index (χ3n) is 5.68. The average molecular weight is 472 g/mol. The normalized spacial score (nSPS) is 17.5. The van der Waals surface area contributed by atoms with Crippen LogP contribution in [0, 0.1) is 6.92 Å². The third-order valence-corrected chi connectivity index (χ3v) is 6.09. The fraction of sp³-hybridized carbons (Fsp3) is 0.304. The number of nitrogens with zero attached hydrogens (tertiary/aromatic N) is 1. The molecule has 0 aliphatic carbocycles. The van der Waals surface area contributed by atoms with E-state index in [4.69, 9.17) is 21.1 Å². The first kappa shape index (κ1) is 22.6. The lowest BCUT2D eigenvalue weighted by Gasteiger charge is -2.29. The molecule has 33 heavy (non-hydrogen) atoms. The number of nitrogens with one attached hydrogen (secondary N) is 2. The Morgan fingerprint density at radius 2 is 2.03 bits per heavy atom. The van der Waals surface area contributed by atoms with E-state index in [0.717, 1.165) is 5.56 Å². The van der Waals surface area contributed by atoms with E-state index in [0.29, 0.717) is 33.1 Å². The van der Waals surface area contributed by atoms with Gasteiger partial charge in [0.05, 0.1) is 13.7 Å². The van der Waals surface area contributed by atoms with Gasteiger partial charge in [-0.05, 0) is 48.7 Å². The first-order chi connectivity index (χ1) is 15.8. The molecular formula is C23H22ClN3O6. The second-order valence-corrected chi connectivity index (χ2v) is 8.30. The van der Waals surface area contributed by atoms with Crippen molar-refractivity contribution in [2.24, 2.45) is 0 Å². The molecule has 0 aromatic heterocycles. The molecule has 9 nitrogen and oxygen atoms in total. The van der Waals surface area contributed by atoms with Crippen LogP contribution >= 0.6 is 11.6 Å². The second kappa shape index (κ2) is 9.11. The van der Waals surface area contributed by atoms with Crippen LogP contribution < -0.4 is 15.4 Å². The molecule has 2 aromatic carbocycles. The van der Waals surface area contributed by atoms with Gasteiger partial charge < -0.3 is 14.4 Å². The molecule has 2 heterocycles. The van der Waals surface area contributed by atoms with Gasteiger partial charge in [0.25, 0.3) is 5.91 Å². The lowest BCUT2D eigenvalue weighted by atomic mass is 10.0. The fourth-order valence-electron chi connectivity index (χ4n) is 3.92. The van der Waals surface area contributed by atoms with Crippen molar-refractivity contribution >= 4 is 41.1 Å². The highest BCUT2D eigenvalue weighted by molar-refractivity contribution is 6.31. The lowest BCUT2D eigenvalue weighted by molar-refractivity contribution is -0.136. The highest BCUT2D eigenvalue weighted by Gasteiger charge is 2.40. The van der Waals surface area contributed by atoms with Crippen molar-refractivity contribution in [2.75, 3.05) is 12.4 Å². The second-order valence-electron chi connectivity index (χ2n) is 7.89. The number of hydrogen-bond donors (Lipinski definition) is 2. The molecule has 4 rings (SSSR count). The van der Waals surface area contributed by atoms with Crippen LogP contribution in [0.15, 0.2) is 30.3 Å². The Morgan fingerprint density at radius 1 is 1.24 bits per heavy atom. The van der Waals surface area contributed by atoms with Crippen LogP contribution in [0.25, 0.3) is 0 Å². The minimum Gasteiger partial charge on any atom is -0.496 e. The SMILES string of the molecule is COc1cc(COC(=O)Nc2ccc(C)c(Cl)c2)cc2c1CN(C1CCC(=O)NC1=O)C2=O. The Balaban J connectivity index is 1.46. The van der Waals surface area contributed by atoms with Crippen molar-refractivity contribution < 1.29 is 28.7 Å². The van der Waals surface area contributed by atoms with Crippen molar-refractivity contribution in [1.82, 2.24) is 10.2 Å². The van der Waals surface area contributed by atoms with Gasteiger partial charge in [-0.1, -0.05) is 17.7 Å². The first-order valence-corrected chi connectivity index (χ1v) is 10.7. The summed E-state index contributed by atoms with van der Waals surface area (Å²) >= 11 is 6.07. The highest BCUT2D eigenvalue weighted by Crippen LogP contribution is 2.35. The van der Waals surface area contributed by atoms with Crippen molar-refractivity contribution in [3.05, 3.63) is 57.6 Å². The first-order valence-electron chi connectivity index (χ1n) is 10.3. The predicted molar refractivity (Wildman–Crippen MR) is 119 cm³/mol. The standard InChI is InChI=1S/C23H22ClN3O6/c1-12-3-4-14(9-17(12)24)25-23(31)33-11-13-7-15-16(19(8-13)32-2)10-27(22(15)30)18-5-6-20(28)26-21(18)29/h3-4,7-9,18H,5-6,10-11H2,1-2H3,(H,25,31)(H,26,28,29). The van der Waals surface area contributed by atoms with Gasteiger partial charge >= 0.3 is 6.09 Å². The van der Waals surface area contributed by atoms with E-state index in [-0.39, 0.29) is 37.8 Å². The van der Waals surface area contributed by atoms with Crippen LogP contribution in [0.2, 0.25) is 5.02 Å². The molecule has 2 aliphatic rings. The van der Waals surface area contributed by atoms with E-state index in [2.05, 4.69) is 10.6 Å². The zero-order chi connectivity index (χ0) is 23.7. The maximum atomic E-state index is 13.1. The maximum Gasteiger partial charge on any atom is 0.411 e. The quantitative estimate of drug-likeness (QED) is 0.647. The Labute approximate surface area is 195 Å². The van der Waals surface area contributed by atoms with E-state index >= 15 is 0 Å². The van der Waals surface area contributed by atoms with Crippen molar-refractivity contribution in [2.45, 2.75) is 39.0 Å². The summed E-state index contributed by atoms with van der Waals surface area (Å²) in [7, 11) is 1.48. The summed E-state index contributed by atoms with van der Waals surface area (Å²) in [6.07, 6.45) is -0.231. The number of halogens is 1. The number of ether oxygens (including phenoxy) is 2. The Hall–Kier alpha value is -3.59. The van der Waals surface area contributed by atoms with E-state index in [1.54, 1.807) is 30.3 Å². The number of carbonyl (C=O) groups is 4. The number of rotatable bonds is 5. The number of anilines is 1. The molecule has 2 N–H and O–H groups in total. The van der Waals surface area contributed by atoms with Gasteiger partial charge in [0.2, 0.25) is 11.8 Å². The molecule has 1 fully saturated rings. The largest absolute Gasteiger partial charge is 0.496 e. The maximum absolute atomic E-state index is 13.1. The molecule has 0 saturated carbocycles. The third kappa shape index (κ3) is 4.63. The van der Waals surface area contributed by atoms with E-state index in [1.807, 2.05) is 6.92 Å². The fourth-order valence-corrected chi connectivity index (χ4v) is 4.10. The number of piperidine rings is 1. The molecule has 0 radical (unpaired) electrons. The van der Waals surface area contributed by atoms with Crippen molar-refractivity contribution in [3.63, 3.8) is 0 Å². The minimum absolute atomic E-state index is 0.0965. The van der Waals surface area contributed by atoms with Crippen LogP contribution in [0.1, 0.15) is 39.9 Å². The summed E-state index contributed by atoms with van der Waals surface area (Å²) in [6, 6.07) is 7.71. The molecule has 0 bridgehead atoms. The van der Waals surface area contributed by atoms with Crippen LogP contribution in [0.4, 0.5) is 10.5 Å². The predicted octanol–water partition coefficient (Wildman–Crippen LogP) is 3.17. The van der Waals surface area contributed by atoms with Crippen molar-refractivity contribution in [1.29, 1.82) is 0 Å². The monoisotopic (exact) mass is 471 g/mol. The number of carbonyl (C=O) groups excluding carboxylic acids is 4. The average Bonchev–Trinajstić information content (AvgIpc) is 3.10. The van der Waals surface area contributed by atoms with Gasteiger partial charge in [0.1, 0.15) is 18.4 Å². The van der Waals surface area contributed by atoms with E-state index < -0.39 is 18.0 Å². The van der Waals surface area contributed by atoms with Crippen LogP contribution in [0.3, 0.4) is 0 Å². The minimum atomic E-state index is -0.723. The summed E-state index contributed by atoms with van der Waals surface area (Å²) in [4.78, 5) is 50.4. The summed E-state index contributed by atoms with van der Waals surface area (Å²) in [5.74, 6) is -0.704. The Kier molecular flexibility index (Phi) is 6.24. The number of amides is 4. The van der Waals surface area contributed by atoms with Gasteiger partial charge in [-0.3, -0.25) is 25.0 Å². The summed E-state index contributed by atoms with van der Waals surface area (Å²) in [5.41, 5.74) is 2.97. The number of fused-ring (bicyclic) bond motifs is 1. The van der Waals surface area contributed by atoms with Gasteiger partial charge in [0, 0.05) is 28.3 Å². The zero-order valence-corrected chi connectivity index (χ0v) is 18.8. The molecule has 0 spiro atoms. The molecule has 2 aliphatic heterocycles. The van der Waals surface area contributed by atoms with Gasteiger partial charge in [0.15, 0.2) is 0 Å². The number of hydrogen-bond acceptors (Lipinski definition) is 6. The molecule has 4 amide bonds. The van der Waals surface area contributed by atoms with Crippen LogP contribution in [0.5, 0.6) is 5.75 Å². The number of aryl methyl sites for hydroxylation is 1. The molecule has 172 valence electrons. The topological polar surface area (TPSA) is 114 Å². The van der Waals surface area contributed by atoms with Crippen LogP contribution in [-0.4, -0.2) is 41.9 Å². The zero-order valence-electron chi connectivity index (χ0n) is 18.1. The molecule has 2 aromatic rings. The Bertz CT molecular complexity index is 1170.